The molecular weight excluding hydrogens is 307 g/mol. The fourth-order valence-corrected chi connectivity index (χ4v) is 6.47. The van der Waals surface area contributed by atoms with Gasteiger partial charge in [0.15, 0.2) is 0 Å². The van der Waals surface area contributed by atoms with Crippen LogP contribution in [0.25, 0.3) is 0 Å². The lowest BCUT2D eigenvalue weighted by Gasteiger charge is -2.21. The lowest BCUT2D eigenvalue weighted by Crippen LogP contribution is -1.96. The van der Waals surface area contributed by atoms with Crippen LogP contribution in [-0.4, -0.2) is 13.2 Å². The molecule has 20 heavy (non-hydrogen) atoms. The third kappa shape index (κ3) is 4.57. The van der Waals surface area contributed by atoms with Crippen LogP contribution >= 0.6 is 30.3 Å². The van der Waals surface area contributed by atoms with Gasteiger partial charge in [0.05, 0.1) is 18.5 Å². The molecule has 1 aromatic heterocycles. The molecule has 0 saturated heterocycles. The van der Waals surface area contributed by atoms with Crippen LogP contribution in [-0.2, 0) is 9.05 Å². The monoisotopic (exact) mass is 326 g/mol. The summed E-state index contributed by atoms with van der Waals surface area (Å²) in [6, 6.07) is 14.8. The molecule has 0 aliphatic rings. The average Bonchev–Trinajstić information content (AvgIpc) is 3.00. The Morgan fingerprint density at radius 1 is 1.05 bits per heavy atom. The molecule has 0 amide bonds. The molecule has 0 saturated carbocycles. The van der Waals surface area contributed by atoms with Crippen molar-refractivity contribution in [2.24, 2.45) is 0 Å². The summed E-state index contributed by atoms with van der Waals surface area (Å²) in [5, 5.41) is 2.40. The smallest absolute Gasteiger partial charge is 0.239 e. The van der Waals surface area contributed by atoms with Gasteiger partial charge in [0.2, 0.25) is 7.58 Å². The molecule has 0 fully saturated rings. The number of thiophene rings is 1. The van der Waals surface area contributed by atoms with Crippen LogP contribution in [0, 0.1) is 0 Å². The summed E-state index contributed by atoms with van der Waals surface area (Å²) in [5.41, 5.74) is 1.30. The van der Waals surface area contributed by atoms with Crippen molar-refractivity contribution in [1.29, 1.82) is 0 Å². The van der Waals surface area contributed by atoms with Crippen LogP contribution in [0.5, 0.6) is 0 Å². The van der Waals surface area contributed by atoms with Crippen molar-refractivity contribution in [3.05, 3.63) is 58.3 Å². The molecule has 1 unspecified atom stereocenters. The largest absolute Gasteiger partial charge is 0.326 e. The second-order valence-corrected chi connectivity index (χ2v) is 8.12. The normalized spacial score (nSPS) is 12.8. The van der Waals surface area contributed by atoms with E-state index < -0.39 is 7.58 Å². The molecule has 0 radical (unpaired) electrons. The predicted molar refractivity (Wildman–Crippen MR) is 90.4 cm³/mol. The standard InChI is InChI=1S/C15H19O2PS2/c1-3-16-18(17-4-2)20-15(14-11-8-12-19-14)13-9-6-5-7-10-13/h5-12,15H,3-4H2,1-2H3. The van der Waals surface area contributed by atoms with Gasteiger partial charge in [0.1, 0.15) is 0 Å². The third-order valence-corrected chi connectivity index (χ3v) is 7.28. The van der Waals surface area contributed by atoms with Gasteiger partial charge in [-0.3, -0.25) is 0 Å². The maximum absolute atomic E-state index is 5.74. The Balaban J connectivity index is 2.19. The molecule has 0 aliphatic heterocycles. The van der Waals surface area contributed by atoms with Gasteiger partial charge in [-0.2, -0.15) is 0 Å². The molecule has 0 aliphatic carbocycles. The number of rotatable bonds is 8. The summed E-state index contributed by atoms with van der Waals surface area (Å²) in [4.78, 5) is 1.34. The summed E-state index contributed by atoms with van der Waals surface area (Å²) in [6.45, 7) is 5.39. The van der Waals surface area contributed by atoms with Crippen molar-refractivity contribution in [3.63, 3.8) is 0 Å². The van der Waals surface area contributed by atoms with Gasteiger partial charge in [0.25, 0.3) is 0 Å². The Labute approximate surface area is 130 Å². The minimum absolute atomic E-state index is 0.278. The quantitative estimate of drug-likeness (QED) is 0.565. The van der Waals surface area contributed by atoms with Gasteiger partial charge in [-0.15, -0.1) is 11.3 Å². The van der Waals surface area contributed by atoms with Crippen LogP contribution in [0.4, 0.5) is 0 Å². The van der Waals surface area contributed by atoms with E-state index in [0.29, 0.717) is 13.2 Å². The Morgan fingerprint density at radius 2 is 1.75 bits per heavy atom. The van der Waals surface area contributed by atoms with E-state index >= 15 is 0 Å². The van der Waals surface area contributed by atoms with Gasteiger partial charge >= 0.3 is 0 Å². The molecule has 0 spiro atoms. The van der Waals surface area contributed by atoms with Gasteiger partial charge in [0, 0.05) is 4.88 Å². The molecular formula is C15H19O2PS2. The fraction of sp³-hybridized carbons (Fsp3) is 0.333. The van der Waals surface area contributed by atoms with Crippen LogP contribution < -0.4 is 0 Å². The lowest BCUT2D eigenvalue weighted by molar-refractivity contribution is 0.283. The van der Waals surface area contributed by atoms with E-state index in [2.05, 4.69) is 41.8 Å². The van der Waals surface area contributed by atoms with E-state index in [9.17, 15) is 0 Å². The van der Waals surface area contributed by atoms with Crippen molar-refractivity contribution in [2.75, 3.05) is 13.2 Å². The summed E-state index contributed by atoms with van der Waals surface area (Å²) < 4.78 is 11.5. The molecule has 2 rings (SSSR count). The molecule has 5 heteroatoms. The van der Waals surface area contributed by atoms with Gasteiger partial charge in [-0.25, -0.2) is 0 Å². The summed E-state index contributed by atoms with van der Waals surface area (Å²) in [6.07, 6.45) is 0. The van der Waals surface area contributed by atoms with Crippen molar-refractivity contribution < 1.29 is 9.05 Å². The highest BCUT2D eigenvalue weighted by Crippen LogP contribution is 2.60. The molecule has 2 nitrogen and oxygen atoms in total. The second kappa shape index (κ2) is 8.81. The molecule has 2 aromatic rings. The molecule has 1 atom stereocenters. The highest BCUT2D eigenvalue weighted by molar-refractivity contribution is 8.53. The van der Waals surface area contributed by atoms with Gasteiger partial charge in [-0.05, 0) is 30.9 Å². The summed E-state index contributed by atoms with van der Waals surface area (Å²) in [7, 11) is -0.905. The zero-order valence-electron chi connectivity index (χ0n) is 11.7. The van der Waals surface area contributed by atoms with Crippen molar-refractivity contribution in [1.82, 2.24) is 0 Å². The first-order valence-corrected chi connectivity index (χ1v) is 10.2. The minimum Gasteiger partial charge on any atom is -0.326 e. The SMILES string of the molecule is CCOP(OCC)SC(c1ccccc1)c1cccs1. The first-order chi connectivity index (χ1) is 9.85. The predicted octanol–water partition coefficient (Wildman–Crippen LogP) is 5.87. The van der Waals surface area contributed by atoms with E-state index in [1.165, 1.54) is 10.4 Å². The van der Waals surface area contributed by atoms with Gasteiger partial charge < -0.3 is 9.05 Å². The number of hydrogen-bond donors (Lipinski definition) is 0. The van der Waals surface area contributed by atoms with Crippen molar-refractivity contribution in [2.45, 2.75) is 19.1 Å². The van der Waals surface area contributed by atoms with Crippen LogP contribution in [0.1, 0.15) is 29.5 Å². The maximum atomic E-state index is 5.74. The van der Waals surface area contributed by atoms with Crippen LogP contribution in [0.3, 0.4) is 0 Å². The zero-order valence-corrected chi connectivity index (χ0v) is 14.2. The molecule has 0 N–H and O–H groups in total. The number of hydrogen-bond acceptors (Lipinski definition) is 4. The summed E-state index contributed by atoms with van der Waals surface area (Å²) >= 11 is 3.56. The minimum atomic E-state index is -0.905. The van der Waals surface area contributed by atoms with Crippen molar-refractivity contribution >= 4 is 30.3 Å². The Kier molecular flexibility index (Phi) is 7.05. The Hall–Kier alpha value is -0.380. The molecule has 108 valence electrons. The Morgan fingerprint density at radius 3 is 2.30 bits per heavy atom. The first-order valence-electron chi connectivity index (χ1n) is 6.66. The van der Waals surface area contributed by atoms with E-state index in [1.54, 1.807) is 22.7 Å². The maximum Gasteiger partial charge on any atom is 0.239 e. The molecule has 1 heterocycles. The lowest BCUT2D eigenvalue weighted by atomic mass is 10.1. The third-order valence-electron chi connectivity index (χ3n) is 2.56. The van der Waals surface area contributed by atoms with Gasteiger partial charge in [-0.1, -0.05) is 47.8 Å². The van der Waals surface area contributed by atoms with E-state index in [-0.39, 0.29) is 5.25 Å². The van der Waals surface area contributed by atoms with E-state index in [0.717, 1.165) is 0 Å². The fourth-order valence-electron chi connectivity index (χ4n) is 1.74. The van der Waals surface area contributed by atoms with E-state index in [1.807, 2.05) is 19.9 Å². The van der Waals surface area contributed by atoms with Crippen LogP contribution in [0.2, 0.25) is 0 Å². The van der Waals surface area contributed by atoms with E-state index in [4.69, 9.17) is 9.05 Å². The average molecular weight is 326 g/mol. The Bertz CT molecular complexity index is 470. The first kappa shape index (κ1) is 16.0. The molecule has 1 aromatic carbocycles. The second-order valence-electron chi connectivity index (χ2n) is 3.97. The highest BCUT2D eigenvalue weighted by Gasteiger charge is 2.23. The van der Waals surface area contributed by atoms with Crippen molar-refractivity contribution in [3.8, 4) is 0 Å². The highest BCUT2D eigenvalue weighted by atomic mass is 32.7. The molecule has 0 bridgehead atoms. The topological polar surface area (TPSA) is 18.5 Å². The zero-order chi connectivity index (χ0) is 14.2. The van der Waals surface area contributed by atoms with Crippen LogP contribution in [0.15, 0.2) is 47.8 Å². The summed E-state index contributed by atoms with van der Waals surface area (Å²) in [5.74, 6) is 0. The number of benzene rings is 1.